The predicted molar refractivity (Wildman–Crippen MR) is 85.6 cm³/mol. The Bertz CT molecular complexity index is 699. The molecule has 0 atom stereocenters. The van der Waals surface area contributed by atoms with E-state index >= 15 is 0 Å². The van der Waals surface area contributed by atoms with Crippen LogP contribution in [0, 0.1) is 0 Å². The Balaban J connectivity index is 2.09. The number of benzene rings is 2. The van der Waals surface area contributed by atoms with Crippen LogP contribution in [0.15, 0.2) is 54.6 Å². The molecule has 0 aliphatic carbocycles. The van der Waals surface area contributed by atoms with Crippen molar-refractivity contribution in [2.75, 3.05) is 13.2 Å². The zero-order valence-electron chi connectivity index (χ0n) is 12.3. The molecule has 118 valence electrons. The quantitative estimate of drug-likeness (QED) is 0.606. The molecule has 0 bridgehead atoms. The van der Waals surface area contributed by atoms with Gasteiger partial charge in [0.2, 0.25) is 0 Å². The number of aliphatic carboxylic acids is 1. The molecule has 2 aromatic carbocycles. The van der Waals surface area contributed by atoms with E-state index in [1.165, 1.54) is 6.08 Å². The monoisotopic (exact) mass is 312 g/mol. The molecule has 5 heteroatoms. The Kier molecular flexibility index (Phi) is 5.66. The summed E-state index contributed by atoms with van der Waals surface area (Å²) in [4.78, 5) is 22.8. The molecule has 0 amide bonds. The van der Waals surface area contributed by atoms with E-state index in [0.717, 1.165) is 6.08 Å². The number of carbonyl (C=O) groups excluding carboxylic acids is 1. The first kappa shape index (κ1) is 16.5. The van der Waals surface area contributed by atoms with Crippen LogP contribution >= 0.6 is 0 Å². The van der Waals surface area contributed by atoms with E-state index in [4.69, 9.17) is 14.9 Å². The van der Waals surface area contributed by atoms with Gasteiger partial charge in [-0.15, -0.1) is 0 Å². The number of carbonyl (C=O) groups is 2. The summed E-state index contributed by atoms with van der Waals surface area (Å²) in [5.74, 6) is -0.564. The Hall–Kier alpha value is -2.92. The Morgan fingerprint density at radius 1 is 0.957 bits per heavy atom. The average molecular weight is 312 g/mol. The van der Waals surface area contributed by atoms with Gasteiger partial charge in [-0.05, 0) is 35.9 Å². The van der Waals surface area contributed by atoms with Crippen molar-refractivity contribution in [3.63, 3.8) is 0 Å². The topological polar surface area (TPSA) is 83.8 Å². The van der Waals surface area contributed by atoms with Gasteiger partial charge in [-0.3, -0.25) is 4.79 Å². The molecule has 0 aromatic heterocycles. The van der Waals surface area contributed by atoms with Gasteiger partial charge in [-0.2, -0.15) is 0 Å². The SMILES string of the molecule is O=C(O)C=Cc1ccc(C(=O)c2ccc(OCCO)cc2)cc1. The van der Waals surface area contributed by atoms with Gasteiger partial charge in [0.05, 0.1) is 6.61 Å². The Labute approximate surface area is 133 Å². The fourth-order valence-electron chi connectivity index (χ4n) is 1.95. The van der Waals surface area contributed by atoms with Crippen LogP contribution in [0.1, 0.15) is 21.5 Å². The summed E-state index contributed by atoms with van der Waals surface area (Å²) < 4.78 is 5.24. The van der Waals surface area contributed by atoms with Gasteiger partial charge in [-0.1, -0.05) is 24.3 Å². The van der Waals surface area contributed by atoms with Crippen LogP contribution in [0.4, 0.5) is 0 Å². The number of ketones is 1. The van der Waals surface area contributed by atoms with Crippen LogP contribution in [0.5, 0.6) is 5.75 Å². The summed E-state index contributed by atoms with van der Waals surface area (Å²) in [6, 6.07) is 13.3. The van der Waals surface area contributed by atoms with Crippen LogP contribution in [0.2, 0.25) is 0 Å². The molecule has 0 saturated heterocycles. The van der Waals surface area contributed by atoms with Gasteiger partial charge < -0.3 is 14.9 Å². The summed E-state index contributed by atoms with van der Waals surface area (Å²) >= 11 is 0. The largest absolute Gasteiger partial charge is 0.491 e. The second-order valence-corrected chi connectivity index (χ2v) is 4.72. The molecule has 2 N–H and O–H groups in total. The summed E-state index contributed by atoms with van der Waals surface area (Å²) in [5.41, 5.74) is 1.74. The van der Waals surface area contributed by atoms with Crippen molar-refractivity contribution >= 4 is 17.8 Å². The molecular weight excluding hydrogens is 296 g/mol. The maximum atomic E-state index is 12.4. The molecule has 0 heterocycles. The third-order valence-electron chi connectivity index (χ3n) is 3.07. The first-order valence-electron chi connectivity index (χ1n) is 6.99. The number of hydrogen-bond acceptors (Lipinski definition) is 4. The lowest BCUT2D eigenvalue weighted by Gasteiger charge is -2.06. The summed E-state index contributed by atoms with van der Waals surface area (Å²) in [7, 11) is 0. The number of aliphatic hydroxyl groups is 1. The molecular formula is C18H16O5. The fourth-order valence-corrected chi connectivity index (χ4v) is 1.95. The van der Waals surface area contributed by atoms with Crippen molar-refractivity contribution in [3.05, 3.63) is 71.3 Å². The molecule has 0 saturated carbocycles. The maximum Gasteiger partial charge on any atom is 0.328 e. The highest BCUT2D eigenvalue weighted by Gasteiger charge is 2.09. The maximum absolute atomic E-state index is 12.4. The first-order chi connectivity index (χ1) is 11.1. The molecule has 0 aliphatic rings. The molecule has 5 nitrogen and oxygen atoms in total. The highest BCUT2D eigenvalue weighted by Crippen LogP contribution is 2.16. The van der Waals surface area contributed by atoms with E-state index in [1.807, 2.05) is 0 Å². The zero-order chi connectivity index (χ0) is 16.7. The number of carboxylic acid groups (broad SMARTS) is 1. The number of aliphatic hydroxyl groups excluding tert-OH is 1. The number of ether oxygens (including phenoxy) is 1. The molecule has 23 heavy (non-hydrogen) atoms. The normalized spacial score (nSPS) is 10.7. The van der Waals surface area contributed by atoms with Crippen molar-refractivity contribution in [1.29, 1.82) is 0 Å². The van der Waals surface area contributed by atoms with Crippen molar-refractivity contribution in [2.24, 2.45) is 0 Å². The molecule has 0 fully saturated rings. The lowest BCUT2D eigenvalue weighted by Crippen LogP contribution is -2.03. The molecule has 0 unspecified atom stereocenters. The highest BCUT2D eigenvalue weighted by atomic mass is 16.5. The van der Waals surface area contributed by atoms with Crippen molar-refractivity contribution in [1.82, 2.24) is 0 Å². The van der Waals surface area contributed by atoms with Crippen LogP contribution in [0.25, 0.3) is 6.08 Å². The average Bonchev–Trinajstić information content (AvgIpc) is 2.58. The minimum Gasteiger partial charge on any atom is -0.491 e. The van der Waals surface area contributed by atoms with Crippen molar-refractivity contribution < 1.29 is 24.5 Å². The zero-order valence-corrected chi connectivity index (χ0v) is 12.3. The van der Waals surface area contributed by atoms with E-state index in [1.54, 1.807) is 48.5 Å². The molecule has 0 aliphatic heterocycles. The van der Waals surface area contributed by atoms with Gasteiger partial charge in [0.25, 0.3) is 0 Å². The number of rotatable bonds is 7. The van der Waals surface area contributed by atoms with Crippen LogP contribution in [-0.2, 0) is 4.79 Å². The van der Waals surface area contributed by atoms with Gasteiger partial charge in [0.1, 0.15) is 12.4 Å². The van der Waals surface area contributed by atoms with Crippen LogP contribution in [-0.4, -0.2) is 35.2 Å². The van der Waals surface area contributed by atoms with E-state index < -0.39 is 5.97 Å². The van der Waals surface area contributed by atoms with E-state index in [0.29, 0.717) is 22.4 Å². The van der Waals surface area contributed by atoms with E-state index in [2.05, 4.69) is 0 Å². The third-order valence-corrected chi connectivity index (χ3v) is 3.07. The molecule has 2 rings (SSSR count). The van der Waals surface area contributed by atoms with Gasteiger partial charge in [-0.25, -0.2) is 4.79 Å². The van der Waals surface area contributed by atoms with Crippen molar-refractivity contribution in [2.45, 2.75) is 0 Å². The summed E-state index contributed by atoms with van der Waals surface area (Å²) in [6.45, 7) is 0.141. The standard InChI is InChI=1S/C18H16O5/c19-11-12-23-16-8-6-15(7-9-16)18(22)14-4-1-13(2-5-14)3-10-17(20)21/h1-10,19H,11-12H2,(H,20,21). The molecule has 0 spiro atoms. The number of hydrogen-bond donors (Lipinski definition) is 2. The van der Waals surface area contributed by atoms with E-state index in [-0.39, 0.29) is 19.0 Å². The van der Waals surface area contributed by atoms with Gasteiger partial charge in [0, 0.05) is 17.2 Å². The Morgan fingerprint density at radius 2 is 1.52 bits per heavy atom. The van der Waals surface area contributed by atoms with Gasteiger partial charge in [0.15, 0.2) is 5.78 Å². The second kappa shape index (κ2) is 7.91. The minimum atomic E-state index is -1.02. The molecule has 2 aromatic rings. The smallest absolute Gasteiger partial charge is 0.328 e. The summed E-state index contributed by atoms with van der Waals surface area (Å²) in [5, 5.41) is 17.3. The minimum absolute atomic E-state index is 0.0661. The van der Waals surface area contributed by atoms with Crippen molar-refractivity contribution in [3.8, 4) is 5.75 Å². The fraction of sp³-hybridized carbons (Fsp3) is 0.111. The third kappa shape index (κ3) is 4.79. The van der Waals surface area contributed by atoms with Crippen LogP contribution < -0.4 is 4.74 Å². The van der Waals surface area contributed by atoms with Gasteiger partial charge >= 0.3 is 5.97 Å². The highest BCUT2D eigenvalue weighted by molar-refractivity contribution is 6.09. The second-order valence-electron chi connectivity index (χ2n) is 4.72. The Morgan fingerprint density at radius 3 is 2.04 bits per heavy atom. The lowest BCUT2D eigenvalue weighted by molar-refractivity contribution is -0.131. The van der Waals surface area contributed by atoms with E-state index in [9.17, 15) is 9.59 Å². The molecule has 0 radical (unpaired) electrons. The predicted octanol–water partition coefficient (Wildman–Crippen LogP) is 2.39. The first-order valence-corrected chi connectivity index (χ1v) is 6.99. The lowest BCUT2D eigenvalue weighted by atomic mass is 10.0. The van der Waals surface area contributed by atoms with Crippen LogP contribution in [0.3, 0.4) is 0 Å². The number of carboxylic acids is 1. The summed E-state index contributed by atoms with van der Waals surface area (Å²) in [6.07, 6.45) is 2.51.